The molecule has 0 saturated heterocycles. The molecule has 2 rings (SSSR count). The maximum absolute atomic E-state index is 12.1. The van der Waals surface area contributed by atoms with Crippen LogP contribution in [0.3, 0.4) is 0 Å². The molecule has 2 heterocycles. The zero-order valence-corrected chi connectivity index (χ0v) is 12.1. The first-order valence-corrected chi connectivity index (χ1v) is 6.59. The summed E-state index contributed by atoms with van der Waals surface area (Å²) in [6, 6.07) is 6.74. The number of hydrogen-bond acceptors (Lipinski definition) is 4. The number of hydrogen-bond donors (Lipinski definition) is 1. The van der Waals surface area contributed by atoms with E-state index in [1.54, 1.807) is 18.4 Å². The summed E-state index contributed by atoms with van der Waals surface area (Å²) >= 11 is 5.75. The van der Waals surface area contributed by atoms with Crippen molar-refractivity contribution in [3.8, 4) is 0 Å². The van der Waals surface area contributed by atoms with Crippen LogP contribution in [0.25, 0.3) is 0 Å². The highest BCUT2D eigenvalue weighted by atomic mass is 35.5. The molecule has 5 nitrogen and oxygen atoms in total. The molecule has 0 aliphatic carbocycles. The molecule has 0 fully saturated rings. The number of carbonyl (C=O) groups excluding carboxylic acids is 1. The van der Waals surface area contributed by atoms with E-state index in [9.17, 15) is 4.79 Å². The molecule has 0 unspecified atom stereocenters. The van der Waals surface area contributed by atoms with Crippen LogP contribution in [0, 0.1) is 0 Å². The molecule has 0 aliphatic heterocycles. The molecule has 0 spiro atoms. The predicted molar refractivity (Wildman–Crippen MR) is 77.5 cm³/mol. The number of furan rings is 1. The number of carbonyl (C=O) groups is 1. The summed E-state index contributed by atoms with van der Waals surface area (Å²) in [7, 11) is 1.86. The zero-order chi connectivity index (χ0) is 14.5. The van der Waals surface area contributed by atoms with Crippen molar-refractivity contribution in [1.29, 1.82) is 0 Å². The van der Waals surface area contributed by atoms with Gasteiger partial charge in [0.2, 0.25) is 5.91 Å². The van der Waals surface area contributed by atoms with Crippen LogP contribution in [0.15, 0.2) is 41.1 Å². The van der Waals surface area contributed by atoms with E-state index in [0.29, 0.717) is 17.4 Å². The van der Waals surface area contributed by atoms with Gasteiger partial charge in [0.05, 0.1) is 23.9 Å². The van der Waals surface area contributed by atoms with Crippen molar-refractivity contribution in [2.45, 2.75) is 19.5 Å². The number of nitrogens with zero attached hydrogens (tertiary/aromatic N) is 2. The number of pyridine rings is 1. The SMILES string of the molecule is C[C@H](C(=O)Nc1ccc(Cl)cn1)N(C)Cc1ccco1. The topological polar surface area (TPSA) is 58.4 Å². The summed E-state index contributed by atoms with van der Waals surface area (Å²) in [5.41, 5.74) is 0. The van der Waals surface area contributed by atoms with Gasteiger partial charge >= 0.3 is 0 Å². The van der Waals surface area contributed by atoms with Gasteiger partial charge in [-0.1, -0.05) is 11.6 Å². The van der Waals surface area contributed by atoms with Crippen molar-refractivity contribution in [3.63, 3.8) is 0 Å². The minimum Gasteiger partial charge on any atom is -0.468 e. The van der Waals surface area contributed by atoms with E-state index < -0.39 is 0 Å². The molecule has 1 atom stereocenters. The van der Waals surface area contributed by atoms with E-state index in [1.807, 2.05) is 31.0 Å². The quantitative estimate of drug-likeness (QED) is 0.921. The maximum Gasteiger partial charge on any atom is 0.242 e. The van der Waals surface area contributed by atoms with Gasteiger partial charge in [-0.25, -0.2) is 4.98 Å². The Morgan fingerprint density at radius 2 is 2.30 bits per heavy atom. The summed E-state index contributed by atoms with van der Waals surface area (Å²) in [5.74, 6) is 1.17. The monoisotopic (exact) mass is 293 g/mol. The number of amides is 1. The van der Waals surface area contributed by atoms with Crippen LogP contribution in [0.4, 0.5) is 5.82 Å². The van der Waals surface area contributed by atoms with Gasteiger partial charge in [0.25, 0.3) is 0 Å². The highest BCUT2D eigenvalue weighted by Crippen LogP contribution is 2.11. The first kappa shape index (κ1) is 14.6. The van der Waals surface area contributed by atoms with Crippen molar-refractivity contribution >= 4 is 23.3 Å². The van der Waals surface area contributed by atoms with Gasteiger partial charge in [0, 0.05) is 6.20 Å². The molecule has 0 aliphatic rings. The molecule has 1 N–H and O–H groups in total. The first-order chi connectivity index (χ1) is 9.56. The summed E-state index contributed by atoms with van der Waals surface area (Å²) < 4.78 is 5.27. The number of anilines is 1. The third-order valence-corrected chi connectivity index (χ3v) is 3.23. The molecule has 2 aromatic heterocycles. The highest BCUT2D eigenvalue weighted by Gasteiger charge is 2.19. The average molecular weight is 294 g/mol. The van der Waals surface area contributed by atoms with Crippen molar-refractivity contribution in [2.75, 3.05) is 12.4 Å². The zero-order valence-electron chi connectivity index (χ0n) is 11.3. The van der Waals surface area contributed by atoms with Gasteiger partial charge in [-0.2, -0.15) is 0 Å². The third kappa shape index (κ3) is 3.82. The lowest BCUT2D eigenvalue weighted by atomic mass is 10.2. The second-order valence-electron chi connectivity index (χ2n) is 4.52. The van der Waals surface area contributed by atoms with E-state index in [-0.39, 0.29) is 11.9 Å². The smallest absolute Gasteiger partial charge is 0.242 e. The molecule has 20 heavy (non-hydrogen) atoms. The number of nitrogens with one attached hydrogen (secondary N) is 1. The van der Waals surface area contributed by atoms with Gasteiger partial charge in [-0.05, 0) is 38.2 Å². The second-order valence-corrected chi connectivity index (χ2v) is 4.96. The highest BCUT2D eigenvalue weighted by molar-refractivity contribution is 6.30. The molecular formula is C14H16ClN3O2. The van der Waals surface area contributed by atoms with Gasteiger partial charge in [-0.15, -0.1) is 0 Å². The van der Waals surface area contributed by atoms with E-state index in [2.05, 4.69) is 10.3 Å². The largest absolute Gasteiger partial charge is 0.468 e. The number of rotatable bonds is 5. The molecular weight excluding hydrogens is 278 g/mol. The second kappa shape index (κ2) is 6.54. The van der Waals surface area contributed by atoms with Crippen LogP contribution in [0.5, 0.6) is 0 Å². The number of halogens is 1. The molecule has 0 radical (unpaired) electrons. The molecule has 1 amide bonds. The average Bonchev–Trinajstić information content (AvgIpc) is 2.93. The summed E-state index contributed by atoms with van der Waals surface area (Å²) in [5, 5.41) is 3.28. The molecule has 0 saturated carbocycles. The fourth-order valence-electron chi connectivity index (χ4n) is 1.67. The fourth-order valence-corrected chi connectivity index (χ4v) is 1.78. The third-order valence-electron chi connectivity index (χ3n) is 3.00. The van der Waals surface area contributed by atoms with Gasteiger partial charge in [0.1, 0.15) is 11.6 Å². The number of aromatic nitrogens is 1. The normalized spacial score (nSPS) is 12.4. The van der Waals surface area contributed by atoms with Crippen molar-refractivity contribution < 1.29 is 9.21 Å². The van der Waals surface area contributed by atoms with Crippen LogP contribution in [-0.4, -0.2) is 28.9 Å². The van der Waals surface area contributed by atoms with E-state index in [1.165, 1.54) is 6.20 Å². The number of likely N-dealkylation sites (N-methyl/N-ethyl adjacent to an activating group) is 1. The lowest BCUT2D eigenvalue weighted by molar-refractivity contribution is -0.120. The first-order valence-electron chi connectivity index (χ1n) is 6.21. The van der Waals surface area contributed by atoms with Crippen molar-refractivity contribution in [2.24, 2.45) is 0 Å². The van der Waals surface area contributed by atoms with Gasteiger partial charge in [0.15, 0.2) is 0 Å². The van der Waals surface area contributed by atoms with Crippen molar-refractivity contribution in [3.05, 3.63) is 47.5 Å². The van der Waals surface area contributed by atoms with Crippen molar-refractivity contribution in [1.82, 2.24) is 9.88 Å². The maximum atomic E-state index is 12.1. The Kier molecular flexibility index (Phi) is 4.76. The lowest BCUT2D eigenvalue weighted by Crippen LogP contribution is -2.39. The van der Waals surface area contributed by atoms with Crippen LogP contribution in [0.1, 0.15) is 12.7 Å². The molecule has 106 valence electrons. The van der Waals surface area contributed by atoms with Crippen LogP contribution >= 0.6 is 11.6 Å². The summed E-state index contributed by atoms with van der Waals surface area (Å²) in [6.45, 7) is 2.39. The Labute approximate surface area is 122 Å². The van der Waals surface area contributed by atoms with Crippen LogP contribution in [-0.2, 0) is 11.3 Å². The minimum atomic E-state index is -0.308. The summed E-state index contributed by atoms with van der Waals surface area (Å²) in [4.78, 5) is 18.0. The Bertz CT molecular complexity index is 554. The lowest BCUT2D eigenvalue weighted by Gasteiger charge is -2.22. The molecule has 0 aromatic carbocycles. The Morgan fingerprint density at radius 3 is 2.90 bits per heavy atom. The Balaban J connectivity index is 1.92. The van der Waals surface area contributed by atoms with Gasteiger partial charge in [-0.3, -0.25) is 9.69 Å². The molecule has 0 bridgehead atoms. The van der Waals surface area contributed by atoms with Crippen LogP contribution < -0.4 is 5.32 Å². The van der Waals surface area contributed by atoms with E-state index in [0.717, 1.165) is 5.76 Å². The predicted octanol–water partition coefficient (Wildman–Crippen LogP) is 2.79. The minimum absolute atomic E-state index is 0.131. The van der Waals surface area contributed by atoms with E-state index >= 15 is 0 Å². The fraction of sp³-hybridized carbons (Fsp3) is 0.286. The molecule has 2 aromatic rings. The summed E-state index contributed by atoms with van der Waals surface area (Å²) in [6.07, 6.45) is 3.11. The van der Waals surface area contributed by atoms with Crippen LogP contribution in [0.2, 0.25) is 5.02 Å². The Hall–Kier alpha value is -1.85. The van der Waals surface area contributed by atoms with E-state index in [4.69, 9.17) is 16.0 Å². The molecule has 6 heteroatoms. The standard InChI is InChI=1S/C14H16ClN3O2/c1-10(18(2)9-12-4-3-7-20-12)14(19)17-13-6-5-11(15)8-16-13/h3-8,10H,9H2,1-2H3,(H,16,17,19)/t10-/m1/s1. The Morgan fingerprint density at radius 1 is 1.50 bits per heavy atom. The van der Waals surface area contributed by atoms with Gasteiger partial charge < -0.3 is 9.73 Å².